The Morgan fingerprint density at radius 3 is 1.54 bits per heavy atom. The van der Waals surface area contributed by atoms with Gasteiger partial charge in [-0.1, -0.05) is 14.9 Å². The second kappa shape index (κ2) is 4.13. The summed E-state index contributed by atoms with van der Waals surface area (Å²) >= 11 is 0. The van der Waals surface area contributed by atoms with Crippen molar-refractivity contribution in [1.29, 1.82) is 0 Å². The molecule has 1 saturated heterocycles. The average Bonchev–Trinajstić information content (AvgIpc) is 1.78. The third-order valence-electron chi connectivity index (χ3n) is 1.73. The lowest BCUT2D eigenvalue weighted by Gasteiger charge is -2.32. The first-order valence-electron chi connectivity index (χ1n) is 2.96. The Bertz CT molecular complexity index is 196. The molecular formula is C6H15N3O4. The van der Waals surface area contributed by atoms with E-state index in [9.17, 15) is 20.2 Å². The highest BCUT2D eigenvalue weighted by Crippen LogP contribution is 2.22. The monoisotopic (exact) mass is 193 g/mol. The number of nitrogens with zero attached hydrogens (tertiary/aromatic N) is 3. The van der Waals surface area contributed by atoms with Gasteiger partial charge in [-0.3, -0.25) is 25.1 Å². The molecule has 0 N–H and O–H groups in total. The first-order valence-corrected chi connectivity index (χ1v) is 2.96. The molecule has 0 amide bonds. The van der Waals surface area contributed by atoms with Gasteiger partial charge in [-0.15, -0.1) is 0 Å². The van der Waals surface area contributed by atoms with E-state index >= 15 is 0 Å². The summed E-state index contributed by atoms with van der Waals surface area (Å²) in [6, 6.07) is 0. The summed E-state index contributed by atoms with van der Waals surface area (Å²) in [5, 5.41) is 20.5. The molecule has 0 unspecified atom stereocenters. The van der Waals surface area contributed by atoms with Crippen molar-refractivity contribution in [2.24, 2.45) is 0 Å². The van der Waals surface area contributed by atoms with Gasteiger partial charge in [-0.05, 0) is 7.05 Å². The summed E-state index contributed by atoms with van der Waals surface area (Å²) in [5.41, 5.74) is -1.94. The summed E-state index contributed by atoms with van der Waals surface area (Å²) in [5.74, 6) is 0. The van der Waals surface area contributed by atoms with Crippen molar-refractivity contribution < 1.29 is 9.85 Å². The van der Waals surface area contributed by atoms with E-state index in [1.807, 2.05) is 0 Å². The third kappa shape index (κ3) is 1.92. The Labute approximate surface area is 76.6 Å². The molecule has 0 atom stereocenters. The van der Waals surface area contributed by atoms with Crippen LogP contribution in [0.3, 0.4) is 0 Å². The number of likely N-dealkylation sites (N-methyl/N-ethyl adjacent to an activating group) is 1. The first kappa shape index (κ1) is 14.3. The maximum atomic E-state index is 10.2. The Balaban J connectivity index is 0. The van der Waals surface area contributed by atoms with Crippen LogP contribution in [0.15, 0.2) is 0 Å². The molecule has 0 bridgehead atoms. The summed E-state index contributed by atoms with van der Waals surface area (Å²) < 4.78 is 0. The van der Waals surface area contributed by atoms with Crippen LogP contribution in [0.1, 0.15) is 14.9 Å². The van der Waals surface area contributed by atoms with Crippen LogP contribution in [0.2, 0.25) is 0 Å². The lowest BCUT2D eigenvalue weighted by Crippen LogP contribution is -2.68. The van der Waals surface area contributed by atoms with Crippen LogP contribution in [0.25, 0.3) is 0 Å². The molecule has 13 heavy (non-hydrogen) atoms. The lowest BCUT2D eigenvalue weighted by atomic mass is 10.0. The van der Waals surface area contributed by atoms with Gasteiger partial charge in [0.2, 0.25) is 0 Å². The highest BCUT2D eigenvalue weighted by molar-refractivity contribution is 4.84. The first-order chi connectivity index (χ1) is 4.99. The van der Waals surface area contributed by atoms with E-state index in [4.69, 9.17) is 0 Å². The fourth-order valence-electron chi connectivity index (χ4n) is 1.12. The topological polar surface area (TPSA) is 89.5 Å². The Morgan fingerprint density at radius 2 is 1.46 bits per heavy atom. The van der Waals surface area contributed by atoms with E-state index < -0.39 is 15.5 Å². The molecule has 78 valence electrons. The van der Waals surface area contributed by atoms with Crippen molar-refractivity contribution in [3.05, 3.63) is 20.2 Å². The molecule has 0 spiro atoms. The Hall–Kier alpha value is -1.24. The maximum Gasteiger partial charge on any atom is 0.482 e. The standard InChI is InChI=1S/C4H7N3O4.2CH4/c1-5-2-4(3-5,6(8)9)7(10)11;;/h2-3H2,1H3;2*1H4. The molecule has 0 aromatic rings. The fourth-order valence-corrected chi connectivity index (χ4v) is 1.12. The zero-order chi connectivity index (χ0) is 8.65. The van der Waals surface area contributed by atoms with Crippen molar-refractivity contribution in [1.82, 2.24) is 4.90 Å². The highest BCUT2D eigenvalue weighted by Gasteiger charge is 2.64. The maximum absolute atomic E-state index is 10.2. The number of hydrogen-bond donors (Lipinski definition) is 0. The van der Waals surface area contributed by atoms with Gasteiger partial charge in [0, 0.05) is 0 Å². The van der Waals surface area contributed by atoms with Crippen molar-refractivity contribution in [3.8, 4) is 0 Å². The largest absolute Gasteiger partial charge is 0.482 e. The fraction of sp³-hybridized carbons (Fsp3) is 1.00. The van der Waals surface area contributed by atoms with Crippen LogP contribution in [0.5, 0.6) is 0 Å². The summed E-state index contributed by atoms with van der Waals surface area (Å²) in [7, 11) is 1.60. The molecular weight excluding hydrogens is 178 g/mol. The molecule has 0 saturated carbocycles. The number of likely N-dealkylation sites (tertiary alicyclic amines) is 1. The molecule has 1 aliphatic rings. The number of nitro groups is 2. The average molecular weight is 193 g/mol. The van der Waals surface area contributed by atoms with Crippen LogP contribution < -0.4 is 0 Å². The van der Waals surface area contributed by atoms with E-state index in [-0.39, 0.29) is 27.9 Å². The van der Waals surface area contributed by atoms with Crippen LogP contribution in [0.4, 0.5) is 0 Å². The van der Waals surface area contributed by atoms with Gasteiger partial charge < -0.3 is 0 Å². The lowest BCUT2D eigenvalue weighted by molar-refractivity contribution is -0.810. The quantitative estimate of drug-likeness (QED) is 0.361. The molecule has 1 rings (SSSR count). The normalized spacial score (nSPS) is 18.8. The summed E-state index contributed by atoms with van der Waals surface area (Å²) in [6.45, 7) is -0.208. The third-order valence-corrected chi connectivity index (χ3v) is 1.73. The van der Waals surface area contributed by atoms with E-state index in [0.29, 0.717) is 0 Å². The minimum absolute atomic E-state index is 0. The Kier molecular flexibility index (Phi) is 4.54. The zero-order valence-corrected chi connectivity index (χ0v) is 5.89. The van der Waals surface area contributed by atoms with Crippen LogP contribution >= 0.6 is 0 Å². The molecule has 1 aliphatic heterocycles. The van der Waals surface area contributed by atoms with Gasteiger partial charge in [0.25, 0.3) is 0 Å². The van der Waals surface area contributed by atoms with Gasteiger partial charge >= 0.3 is 5.66 Å². The van der Waals surface area contributed by atoms with Crippen molar-refractivity contribution in [2.75, 3.05) is 20.1 Å². The van der Waals surface area contributed by atoms with Crippen LogP contribution in [-0.2, 0) is 0 Å². The van der Waals surface area contributed by atoms with Crippen molar-refractivity contribution in [2.45, 2.75) is 20.5 Å². The zero-order valence-electron chi connectivity index (χ0n) is 5.89. The number of rotatable bonds is 2. The minimum Gasteiger partial charge on any atom is -0.280 e. The number of hydrogen-bond acceptors (Lipinski definition) is 5. The van der Waals surface area contributed by atoms with Crippen molar-refractivity contribution in [3.63, 3.8) is 0 Å². The summed E-state index contributed by atoms with van der Waals surface area (Å²) in [6.07, 6.45) is 0. The highest BCUT2D eigenvalue weighted by atomic mass is 16.7. The molecule has 1 heterocycles. The van der Waals surface area contributed by atoms with Gasteiger partial charge in [0.1, 0.15) is 22.9 Å². The summed E-state index contributed by atoms with van der Waals surface area (Å²) in [4.78, 5) is 20.3. The molecule has 0 radical (unpaired) electrons. The van der Waals surface area contributed by atoms with E-state index in [1.54, 1.807) is 7.05 Å². The second-order valence-corrected chi connectivity index (χ2v) is 2.67. The molecule has 1 fully saturated rings. The van der Waals surface area contributed by atoms with Crippen LogP contribution in [0, 0.1) is 20.2 Å². The molecule has 7 nitrogen and oxygen atoms in total. The van der Waals surface area contributed by atoms with E-state index in [1.165, 1.54) is 4.90 Å². The second-order valence-electron chi connectivity index (χ2n) is 2.67. The smallest absolute Gasteiger partial charge is 0.280 e. The van der Waals surface area contributed by atoms with Gasteiger partial charge in [-0.2, -0.15) is 0 Å². The molecule has 0 aliphatic carbocycles. The minimum atomic E-state index is -1.94. The van der Waals surface area contributed by atoms with Gasteiger partial charge in [0.05, 0.1) is 0 Å². The van der Waals surface area contributed by atoms with Crippen LogP contribution in [-0.4, -0.2) is 40.5 Å². The van der Waals surface area contributed by atoms with Gasteiger partial charge in [-0.25, -0.2) is 0 Å². The predicted octanol–water partition coefficient (Wildman–Crippen LogP) is 0.454. The molecule has 0 aromatic heterocycles. The molecule has 0 aromatic carbocycles. The predicted molar refractivity (Wildman–Crippen MR) is 47.7 cm³/mol. The SMILES string of the molecule is C.C.CN1CC([N+](=O)[O-])([N+](=O)[O-])C1. The van der Waals surface area contributed by atoms with Crippen molar-refractivity contribution >= 4 is 0 Å². The van der Waals surface area contributed by atoms with E-state index in [2.05, 4.69) is 0 Å². The van der Waals surface area contributed by atoms with E-state index in [0.717, 1.165) is 0 Å². The Morgan fingerprint density at radius 1 is 1.15 bits per heavy atom. The van der Waals surface area contributed by atoms with Gasteiger partial charge in [0.15, 0.2) is 0 Å². The molecule has 7 heteroatoms.